The molecule has 2 aromatic carbocycles. The first kappa shape index (κ1) is 21.1. The molecule has 0 saturated carbocycles. The van der Waals surface area contributed by atoms with Gasteiger partial charge in [-0.2, -0.15) is 13.2 Å². The van der Waals surface area contributed by atoms with Crippen molar-refractivity contribution in [2.24, 2.45) is 0 Å². The second-order valence-electron chi connectivity index (χ2n) is 6.45. The first-order valence-electron chi connectivity index (χ1n) is 9.20. The predicted molar refractivity (Wildman–Crippen MR) is 110 cm³/mol. The molecular weight excluding hydrogens is 395 g/mol. The van der Waals surface area contributed by atoms with Crippen LogP contribution in [0.1, 0.15) is 28.7 Å². The Morgan fingerprint density at radius 1 is 0.967 bits per heavy atom. The number of amides is 1. The lowest BCUT2D eigenvalue weighted by Crippen LogP contribution is -2.13. The van der Waals surface area contributed by atoms with Gasteiger partial charge < -0.3 is 16.0 Å². The van der Waals surface area contributed by atoms with Gasteiger partial charge in [-0.05, 0) is 56.3 Å². The summed E-state index contributed by atoms with van der Waals surface area (Å²) < 4.78 is 38.5. The number of halogens is 3. The summed E-state index contributed by atoms with van der Waals surface area (Å²) in [4.78, 5) is 20.9. The average Bonchev–Trinajstić information content (AvgIpc) is 2.69. The molecule has 0 saturated heterocycles. The first-order chi connectivity index (χ1) is 14.2. The molecule has 156 valence electrons. The van der Waals surface area contributed by atoms with Crippen LogP contribution in [0.5, 0.6) is 0 Å². The van der Waals surface area contributed by atoms with E-state index < -0.39 is 17.6 Å². The molecule has 0 aliphatic rings. The Labute approximate surface area is 171 Å². The number of nitrogens with zero attached hydrogens (tertiary/aromatic N) is 2. The van der Waals surface area contributed by atoms with E-state index in [9.17, 15) is 18.0 Å². The SMILES string of the molecule is CCNc1cc(Nc2ccc(NC(=O)c3cccc(C(F)(F)F)c3)cc2)nc(C)n1. The predicted octanol–water partition coefficient (Wildman–Crippen LogP) is 5.23. The van der Waals surface area contributed by atoms with Crippen LogP contribution in [0.25, 0.3) is 0 Å². The number of anilines is 4. The number of carbonyl (C=O) groups is 1. The van der Waals surface area contributed by atoms with Gasteiger partial charge in [0.25, 0.3) is 5.91 Å². The normalized spacial score (nSPS) is 11.1. The Balaban J connectivity index is 1.68. The van der Waals surface area contributed by atoms with Gasteiger partial charge in [0.2, 0.25) is 0 Å². The second-order valence-corrected chi connectivity index (χ2v) is 6.45. The standard InChI is InChI=1S/C21H20F3N5O/c1-3-25-18-12-19(27-13(2)26-18)28-16-7-9-17(10-8-16)29-20(30)14-5-4-6-15(11-14)21(22,23)24/h4-12H,3H2,1-2H3,(H,29,30)(H2,25,26,27,28). The van der Waals surface area contributed by atoms with Gasteiger partial charge in [0.1, 0.15) is 17.5 Å². The number of hydrogen-bond acceptors (Lipinski definition) is 5. The third-order valence-corrected chi connectivity index (χ3v) is 4.06. The van der Waals surface area contributed by atoms with E-state index in [1.807, 2.05) is 6.92 Å². The molecule has 0 aliphatic heterocycles. The zero-order valence-electron chi connectivity index (χ0n) is 16.3. The Kier molecular flexibility index (Phi) is 6.20. The van der Waals surface area contributed by atoms with E-state index in [4.69, 9.17) is 0 Å². The Morgan fingerprint density at radius 3 is 2.30 bits per heavy atom. The maximum Gasteiger partial charge on any atom is 0.416 e. The van der Waals surface area contributed by atoms with Crippen LogP contribution < -0.4 is 16.0 Å². The monoisotopic (exact) mass is 415 g/mol. The van der Waals surface area contributed by atoms with E-state index in [-0.39, 0.29) is 5.56 Å². The number of benzene rings is 2. The van der Waals surface area contributed by atoms with E-state index in [2.05, 4.69) is 25.9 Å². The molecule has 0 radical (unpaired) electrons. The highest BCUT2D eigenvalue weighted by molar-refractivity contribution is 6.04. The van der Waals surface area contributed by atoms with Crippen molar-refractivity contribution < 1.29 is 18.0 Å². The number of alkyl halides is 3. The zero-order valence-corrected chi connectivity index (χ0v) is 16.3. The van der Waals surface area contributed by atoms with Crippen molar-refractivity contribution in [1.82, 2.24) is 9.97 Å². The molecular formula is C21H20F3N5O. The minimum atomic E-state index is -4.50. The number of hydrogen-bond donors (Lipinski definition) is 3. The van der Waals surface area contributed by atoms with Crippen LogP contribution in [-0.4, -0.2) is 22.4 Å². The lowest BCUT2D eigenvalue weighted by Gasteiger charge is -2.11. The molecule has 30 heavy (non-hydrogen) atoms. The summed E-state index contributed by atoms with van der Waals surface area (Å²) in [7, 11) is 0. The van der Waals surface area contributed by atoms with Crippen LogP contribution in [-0.2, 0) is 6.18 Å². The van der Waals surface area contributed by atoms with E-state index in [1.165, 1.54) is 12.1 Å². The second kappa shape index (κ2) is 8.81. The largest absolute Gasteiger partial charge is 0.416 e. The molecule has 1 aromatic heterocycles. The van der Waals surface area contributed by atoms with Gasteiger partial charge in [0, 0.05) is 29.5 Å². The number of rotatable bonds is 6. The van der Waals surface area contributed by atoms with Gasteiger partial charge in [-0.15, -0.1) is 0 Å². The minimum Gasteiger partial charge on any atom is -0.370 e. The van der Waals surface area contributed by atoms with Crippen LogP contribution in [0, 0.1) is 6.92 Å². The van der Waals surface area contributed by atoms with Crippen molar-refractivity contribution in [3.05, 3.63) is 71.5 Å². The van der Waals surface area contributed by atoms with Crippen LogP contribution >= 0.6 is 0 Å². The highest BCUT2D eigenvalue weighted by atomic mass is 19.4. The summed E-state index contributed by atoms with van der Waals surface area (Å²) in [5, 5.41) is 8.87. The molecule has 9 heteroatoms. The lowest BCUT2D eigenvalue weighted by molar-refractivity contribution is -0.137. The topological polar surface area (TPSA) is 78.9 Å². The van der Waals surface area contributed by atoms with Gasteiger partial charge in [-0.3, -0.25) is 4.79 Å². The minimum absolute atomic E-state index is 0.0700. The fourth-order valence-electron chi connectivity index (χ4n) is 2.73. The summed E-state index contributed by atoms with van der Waals surface area (Å²) in [5.41, 5.74) is 0.244. The van der Waals surface area contributed by atoms with Gasteiger partial charge >= 0.3 is 6.18 Å². The lowest BCUT2D eigenvalue weighted by atomic mass is 10.1. The van der Waals surface area contributed by atoms with E-state index in [0.717, 1.165) is 24.4 Å². The van der Waals surface area contributed by atoms with Crippen molar-refractivity contribution in [3.63, 3.8) is 0 Å². The maximum absolute atomic E-state index is 12.8. The van der Waals surface area contributed by atoms with Gasteiger partial charge in [-0.1, -0.05) is 6.07 Å². The summed E-state index contributed by atoms with van der Waals surface area (Å²) >= 11 is 0. The molecule has 1 amide bonds. The van der Waals surface area contributed by atoms with Crippen molar-refractivity contribution >= 4 is 28.9 Å². The maximum atomic E-state index is 12.8. The quantitative estimate of drug-likeness (QED) is 0.514. The van der Waals surface area contributed by atoms with Crippen LogP contribution in [0.2, 0.25) is 0 Å². The average molecular weight is 415 g/mol. The molecule has 3 N–H and O–H groups in total. The molecule has 0 spiro atoms. The van der Waals surface area contributed by atoms with Crippen molar-refractivity contribution in [2.45, 2.75) is 20.0 Å². The van der Waals surface area contributed by atoms with E-state index in [0.29, 0.717) is 23.1 Å². The summed E-state index contributed by atoms with van der Waals surface area (Å²) in [6.45, 7) is 4.49. The fourth-order valence-corrected chi connectivity index (χ4v) is 2.73. The van der Waals surface area contributed by atoms with E-state index >= 15 is 0 Å². The Hall–Kier alpha value is -3.62. The number of aryl methyl sites for hydroxylation is 1. The molecule has 0 atom stereocenters. The summed E-state index contributed by atoms with van der Waals surface area (Å²) in [6, 6.07) is 12.8. The highest BCUT2D eigenvalue weighted by Gasteiger charge is 2.30. The smallest absolute Gasteiger partial charge is 0.370 e. The van der Waals surface area contributed by atoms with Crippen LogP contribution in [0.15, 0.2) is 54.6 Å². The molecule has 3 aromatic rings. The van der Waals surface area contributed by atoms with Gasteiger partial charge in [-0.25, -0.2) is 9.97 Å². The molecule has 0 fully saturated rings. The molecule has 6 nitrogen and oxygen atoms in total. The Bertz CT molecular complexity index is 1040. The molecule has 0 unspecified atom stereocenters. The van der Waals surface area contributed by atoms with Crippen LogP contribution in [0.3, 0.4) is 0 Å². The van der Waals surface area contributed by atoms with E-state index in [1.54, 1.807) is 37.3 Å². The fraction of sp³-hybridized carbons (Fsp3) is 0.190. The Morgan fingerprint density at radius 2 is 1.63 bits per heavy atom. The molecule has 0 aliphatic carbocycles. The zero-order chi connectivity index (χ0) is 21.7. The molecule has 0 bridgehead atoms. The van der Waals surface area contributed by atoms with Crippen LogP contribution in [0.4, 0.5) is 36.2 Å². The first-order valence-corrected chi connectivity index (χ1v) is 9.20. The summed E-state index contributed by atoms with van der Waals surface area (Å²) in [5.74, 6) is 1.31. The third kappa shape index (κ3) is 5.47. The number of aromatic nitrogens is 2. The molecule has 3 rings (SSSR count). The third-order valence-electron chi connectivity index (χ3n) is 4.06. The molecule has 1 heterocycles. The summed E-state index contributed by atoms with van der Waals surface area (Å²) in [6.07, 6.45) is -4.50. The number of nitrogens with one attached hydrogen (secondary N) is 3. The van der Waals surface area contributed by atoms with Gasteiger partial charge in [0.05, 0.1) is 5.56 Å². The van der Waals surface area contributed by atoms with Crippen molar-refractivity contribution in [1.29, 1.82) is 0 Å². The van der Waals surface area contributed by atoms with Crippen molar-refractivity contribution in [3.8, 4) is 0 Å². The van der Waals surface area contributed by atoms with Crippen molar-refractivity contribution in [2.75, 3.05) is 22.5 Å². The highest BCUT2D eigenvalue weighted by Crippen LogP contribution is 2.29. The number of carbonyl (C=O) groups excluding carboxylic acids is 1. The van der Waals surface area contributed by atoms with Gasteiger partial charge in [0.15, 0.2) is 0 Å².